The minimum atomic E-state index is -0.507. The Kier molecular flexibility index (Phi) is 5.94. The van der Waals surface area contributed by atoms with Gasteiger partial charge in [0.1, 0.15) is 0 Å². The monoisotopic (exact) mass is 402 g/mol. The first-order valence-corrected chi connectivity index (χ1v) is 9.66. The number of benzene rings is 2. The molecule has 1 N–H and O–H groups in total. The molecule has 2 aromatic carbocycles. The molecule has 0 bridgehead atoms. The fourth-order valence-electron chi connectivity index (χ4n) is 2.46. The highest BCUT2D eigenvalue weighted by molar-refractivity contribution is 8.19. The lowest BCUT2D eigenvalue weighted by Gasteiger charge is -2.11. The highest BCUT2D eigenvalue weighted by Crippen LogP contribution is 2.37. The second-order valence-electron chi connectivity index (χ2n) is 5.41. The first-order valence-electron chi connectivity index (χ1n) is 7.86. The van der Waals surface area contributed by atoms with Gasteiger partial charge in [0, 0.05) is 11.8 Å². The van der Waals surface area contributed by atoms with Crippen LogP contribution in [0.15, 0.2) is 58.3 Å². The number of imide groups is 1. The Morgan fingerprint density at radius 3 is 2.59 bits per heavy atom. The summed E-state index contributed by atoms with van der Waals surface area (Å²) in [5.41, 5.74) is 0.822. The SMILES string of the molecule is O=C1SC(=Cc2ccc(SCCO)c([N+](=O)[O-])c2)C(=O)N1c1ccccc1. The Morgan fingerprint density at radius 2 is 1.93 bits per heavy atom. The zero-order valence-corrected chi connectivity index (χ0v) is 15.5. The van der Waals surface area contributed by atoms with E-state index < -0.39 is 16.1 Å². The molecule has 3 rings (SSSR count). The van der Waals surface area contributed by atoms with Crippen LogP contribution in [0.1, 0.15) is 5.56 Å². The lowest BCUT2D eigenvalue weighted by Crippen LogP contribution is -2.27. The number of nitrogens with zero attached hydrogens (tertiary/aromatic N) is 2. The highest BCUT2D eigenvalue weighted by Gasteiger charge is 2.36. The Balaban J connectivity index is 1.90. The van der Waals surface area contributed by atoms with Crippen molar-refractivity contribution < 1.29 is 19.6 Å². The first kappa shape index (κ1) is 19.2. The van der Waals surface area contributed by atoms with Crippen LogP contribution in [0, 0.1) is 10.1 Å². The Bertz CT molecular complexity index is 931. The lowest BCUT2D eigenvalue weighted by molar-refractivity contribution is -0.387. The third-order valence-electron chi connectivity index (χ3n) is 3.63. The number of para-hydroxylation sites is 1. The number of thioether (sulfide) groups is 2. The number of aliphatic hydroxyl groups is 1. The second kappa shape index (κ2) is 8.38. The number of carbonyl (C=O) groups is 2. The largest absolute Gasteiger partial charge is 0.396 e. The Labute approximate surface area is 163 Å². The topological polar surface area (TPSA) is 101 Å². The van der Waals surface area contributed by atoms with Gasteiger partial charge in [-0.05, 0) is 41.6 Å². The van der Waals surface area contributed by atoms with Crippen LogP contribution < -0.4 is 4.90 Å². The van der Waals surface area contributed by atoms with Gasteiger partial charge in [-0.25, -0.2) is 4.90 Å². The van der Waals surface area contributed by atoms with Crippen LogP contribution in [0.25, 0.3) is 6.08 Å². The van der Waals surface area contributed by atoms with E-state index in [1.165, 1.54) is 23.9 Å². The van der Waals surface area contributed by atoms with Crippen molar-refractivity contribution in [2.24, 2.45) is 0 Å². The van der Waals surface area contributed by atoms with Gasteiger partial charge in [-0.2, -0.15) is 0 Å². The minimum absolute atomic E-state index is 0.0871. The van der Waals surface area contributed by atoms with Crippen LogP contribution in [0.4, 0.5) is 16.2 Å². The maximum atomic E-state index is 12.6. The van der Waals surface area contributed by atoms with E-state index in [1.807, 2.05) is 0 Å². The number of carbonyl (C=O) groups excluding carboxylic acids is 2. The summed E-state index contributed by atoms with van der Waals surface area (Å²) < 4.78 is 0. The van der Waals surface area contributed by atoms with Crippen molar-refractivity contribution in [2.45, 2.75) is 4.90 Å². The standard InChI is InChI=1S/C18H14N2O5S2/c21-8-9-26-15-7-6-12(10-14(15)20(24)25)11-16-17(22)19(18(23)27-16)13-4-2-1-3-5-13/h1-7,10-11,21H,8-9H2. The number of aliphatic hydroxyl groups excluding tert-OH is 1. The molecule has 0 aromatic heterocycles. The summed E-state index contributed by atoms with van der Waals surface area (Å²) in [5, 5.41) is 19.8. The molecule has 9 heteroatoms. The van der Waals surface area contributed by atoms with E-state index in [2.05, 4.69) is 0 Å². The number of hydrogen-bond acceptors (Lipinski definition) is 7. The van der Waals surface area contributed by atoms with Crippen LogP contribution in [-0.4, -0.2) is 33.5 Å². The van der Waals surface area contributed by atoms with Gasteiger partial charge in [0.2, 0.25) is 0 Å². The molecule has 2 amide bonds. The third kappa shape index (κ3) is 4.21. The molecule has 1 aliphatic rings. The predicted octanol–water partition coefficient (Wildman–Crippen LogP) is 3.92. The molecule has 27 heavy (non-hydrogen) atoms. The number of hydrogen-bond donors (Lipinski definition) is 1. The predicted molar refractivity (Wildman–Crippen MR) is 106 cm³/mol. The van der Waals surface area contributed by atoms with Gasteiger partial charge in [-0.1, -0.05) is 24.3 Å². The average molecular weight is 402 g/mol. The number of amides is 2. The summed E-state index contributed by atoms with van der Waals surface area (Å²) >= 11 is 1.97. The maximum Gasteiger partial charge on any atom is 0.298 e. The summed E-state index contributed by atoms with van der Waals surface area (Å²) in [5.74, 6) is -0.117. The molecule has 0 unspecified atom stereocenters. The molecule has 0 radical (unpaired) electrons. The molecule has 1 saturated heterocycles. The molecule has 7 nitrogen and oxygen atoms in total. The number of anilines is 1. The van der Waals surface area contributed by atoms with Gasteiger partial charge in [0.25, 0.3) is 16.8 Å². The molecule has 0 aliphatic carbocycles. The number of rotatable bonds is 6. The van der Waals surface area contributed by atoms with E-state index in [4.69, 9.17) is 5.11 Å². The van der Waals surface area contributed by atoms with Crippen molar-refractivity contribution in [3.05, 3.63) is 69.1 Å². The zero-order valence-electron chi connectivity index (χ0n) is 13.9. The fourth-order valence-corrected chi connectivity index (χ4v) is 4.06. The van der Waals surface area contributed by atoms with Crippen molar-refractivity contribution in [2.75, 3.05) is 17.3 Å². The lowest BCUT2D eigenvalue weighted by atomic mass is 10.2. The summed E-state index contributed by atoms with van der Waals surface area (Å²) in [6, 6.07) is 13.1. The third-order valence-corrected chi connectivity index (χ3v) is 5.55. The molecule has 138 valence electrons. The molecule has 1 aliphatic heterocycles. The molecule has 0 saturated carbocycles. The molecule has 2 aromatic rings. The molecular weight excluding hydrogens is 388 g/mol. The van der Waals surface area contributed by atoms with E-state index in [0.717, 1.165) is 16.7 Å². The molecule has 0 spiro atoms. The number of nitro benzene ring substituents is 1. The van der Waals surface area contributed by atoms with E-state index in [0.29, 0.717) is 21.9 Å². The smallest absolute Gasteiger partial charge is 0.298 e. The molecular formula is C18H14N2O5S2. The molecule has 1 heterocycles. The first-order chi connectivity index (χ1) is 13.0. The zero-order chi connectivity index (χ0) is 19.4. The quantitative estimate of drug-likeness (QED) is 0.338. The van der Waals surface area contributed by atoms with E-state index in [-0.39, 0.29) is 17.2 Å². The van der Waals surface area contributed by atoms with Crippen LogP contribution >= 0.6 is 23.5 Å². The fraction of sp³-hybridized carbons (Fsp3) is 0.111. The van der Waals surface area contributed by atoms with Crippen molar-refractivity contribution >= 4 is 52.1 Å². The van der Waals surface area contributed by atoms with Crippen molar-refractivity contribution in [3.63, 3.8) is 0 Å². The second-order valence-corrected chi connectivity index (χ2v) is 7.54. The van der Waals surface area contributed by atoms with Gasteiger partial charge in [-0.3, -0.25) is 19.7 Å². The number of nitro groups is 1. The summed E-state index contributed by atoms with van der Waals surface area (Å²) in [6.45, 7) is -0.0871. The van der Waals surface area contributed by atoms with Crippen LogP contribution in [0.3, 0.4) is 0 Å². The van der Waals surface area contributed by atoms with Crippen LogP contribution in [-0.2, 0) is 4.79 Å². The van der Waals surface area contributed by atoms with E-state index >= 15 is 0 Å². The Morgan fingerprint density at radius 1 is 1.19 bits per heavy atom. The summed E-state index contributed by atoms with van der Waals surface area (Å²) in [4.78, 5) is 37.3. The van der Waals surface area contributed by atoms with Gasteiger partial charge in [0.05, 0.1) is 27.0 Å². The van der Waals surface area contributed by atoms with Gasteiger partial charge < -0.3 is 5.11 Å². The summed E-state index contributed by atoms with van der Waals surface area (Å²) in [6.07, 6.45) is 1.47. The normalized spacial score (nSPS) is 15.6. The average Bonchev–Trinajstić information content (AvgIpc) is 2.94. The van der Waals surface area contributed by atoms with E-state index in [1.54, 1.807) is 42.5 Å². The van der Waals surface area contributed by atoms with Crippen LogP contribution in [0.2, 0.25) is 0 Å². The summed E-state index contributed by atoms with van der Waals surface area (Å²) in [7, 11) is 0. The van der Waals surface area contributed by atoms with Crippen molar-refractivity contribution in [1.29, 1.82) is 0 Å². The van der Waals surface area contributed by atoms with Crippen molar-refractivity contribution in [1.82, 2.24) is 0 Å². The van der Waals surface area contributed by atoms with Gasteiger partial charge in [-0.15, -0.1) is 11.8 Å². The van der Waals surface area contributed by atoms with Crippen molar-refractivity contribution in [3.8, 4) is 0 Å². The molecule has 1 fully saturated rings. The Hall–Kier alpha value is -2.62. The van der Waals surface area contributed by atoms with E-state index in [9.17, 15) is 19.7 Å². The van der Waals surface area contributed by atoms with Crippen LogP contribution in [0.5, 0.6) is 0 Å². The maximum absolute atomic E-state index is 12.6. The minimum Gasteiger partial charge on any atom is -0.396 e. The van der Waals surface area contributed by atoms with Gasteiger partial charge >= 0.3 is 0 Å². The highest BCUT2D eigenvalue weighted by atomic mass is 32.2. The van der Waals surface area contributed by atoms with Gasteiger partial charge in [0.15, 0.2) is 0 Å². The molecule has 0 atom stereocenters.